The van der Waals surface area contributed by atoms with Gasteiger partial charge in [-0.1, -0.05) is 13.3 Å². The largest absolute Gasteiger partial charge is 0.317 e. The fourth-order valence-electron chi connectivity index (χ4n) is 2.72. The van der Waals surface area contributed by atoms with Crippen LogP contribution in [0.3, 0.4) is 0 Å². The Balaban J connectivity index is 1.91. The van der Waals surface area contributed by atoms with Gasteiger partial charge in [0, 0.05) is 13.5 Å². The van der Waals surface area contributed by atoms with Crippen molar-refractivity contribution in [3.63, 3.8) is 0 Å². The highest BCUT2D eigenvalue weighted by atomic mass is 15.3. The average molecular weight is 222 g/mol. The Morgan fingerprint density at radius 3 is 2.94 bits per heavy atom. The van der Waals surface area contributed by atoms with E-state index in [1.807, 2.05) is 11.7 Å². The lowest BCUT2D eigenvalue weighted by molar-refractivity contribution is 0.359. The molecule has 1 aromatic heterocycles. The van der Waals surface area contributed by atoms with Gasteiger partial charge in [-0.15, -0.1) is 0 Å². The van der Waals surface area contributed by atoms with Crippen molar-refractivity contribution in [3.8, 4) is 0 Å². The third kappa shape index (κ3) is 2.61. The van der Waals surface area contributed by atoms with Gasteiger partial charge in [-0.3, -0.25) is 4.68 Å². The van der Waals surface area contributed by atoms with E-state index in [2.05, 4.69) is 22.3 Å². The molecule has 1 aliphatic carbocycles. The molecule has 0 amide bonds. The summed E-state index contributed by atoms with van der Waals surface area (Å²) in [6.07, 6.45) is 6.84. The number of rotatable bonds is 5. The van der Waals surface area contributed by atoms with Crippen LogP contribution in [0.4, 0.5) is 0 Å². The Morgan fingerprint density at radius 2 is 2.25 bits per heavy atom. The zero-order chi connectivity index (χ0) is 11.4. The van der Waals surface area contributed by atoms with Gasteiger partial charge in [-0.05, 0) is 37.8 Å². The van der Waals surface area contributed by atoms with Crippen LogP contribution in [-0.4, -0.2) is 27.9 Å². The molecule has 4 nitrogen and oxygen atoms in total. The van der Waals surface area contributed by atoms with E-state index in [0.717, 1.165) is 30.6 Å². The summed E-state index contributed by atoms with van der Waals surface area (Å²) in [6.45, 7) is 4.42. The maximum atomic E-state index is 4.33. The summed E-state index contributed by atoms with van der Waals surface area (Å²) in [5.41, 5.74) is 0. The van der Waals surface area contributed by atoms with Gasteiger partial charge in [0.1, 0.15) is 12.2 Å². The third-order valence-electron chi connectivity index (χ3n) is 3.72. The van der Waals surface area contributed by atoms with Gasteiger partial charge >= 0.3 is 0 Å². The molecule has 0 saturated heterocycles. The molecule has 1 aromatic rings. The van der Waals surface area contributed by atoms with Crippen molar-refractivity contribution in [2.24, 2.45) is 18.9 Å². The molecule has 1 saturated carbocycles. The van der Waals surface area contributed by atoms with Crippen molar-refractivity contribution < 1.29 is 0 Å². The third-order valence-corrected chi connectivity index (χ3v) is 3.72. The van der Waals surface area contributed by atoms with Gasteiger partial charge in [0.2, 0.25) is 0 Å². The fraction of sp³-hybridized carbons (Fsp3) is 0.833. The second-order valence-electron chi connectivity index (χ2n) is 4.76. The summed E-state index contributed by atoms with van der Waals surface area (Å²) in [5.74, 6) is 2.76. The molecule has 2 atom stereocenters. The van der Waals surface area contributed by atoms with Crippen molar-refractivity contribution in [1.82, 2.24) is 20.1 Å². The molecule has 0 aliphatic heterocycles. The maximum absolute atomic E-state index is 4.33. The zero-order valence-corrected chi connectivity index (χ0v) is 10.3. The standard InChI is InChI=1S/C12H22N4/c1-3-13-8-11-6-4-5-10(11)7-12-14-9-15-16(12)2/h9-11,13H,3-8H2,1-2H3. The first-order valence-corrected chi connectivity index (χ1v) is 6.34. The number of nitrogens with one attached hydrogen (secondary N) is 1. The van der Waals surface area contributed by atoms with Crippen molar-refractivity contribution in [3.05, 3.63) is 12.2 Å². The second-order valence-corrected chi connectivity index (χ2v) is 4.76. The van der Waals surface area contributed by atoms with Crippen molar-refractivity contribution >= 4 is 0 Å². The molecule has 1 N–H and O–H groups in total. The highest BCUT2D eigenvalue weighted by molar-refractivity contribution is 4.91. The molecule has 2 unspecified atom stereocenters. The molecule has 0 radical (unpaired) electrons. The van der Waals surface area contributed by atoms with Gasteiger partial charge in [0.25, 0.3) is 0 Å². The summed E-state index contributed by atoms with van der Waals surface area (Å²) in [4.78, 5) is 4.33. The summed E-state index contributed by atoms with van der Waals surface area (Å²) < 4.78 is 1.91. The number of hydrogen-bond acceptors (Lipinski definition) is 3. The van der Waals surface area contributed by atoms with E-state index in [1.165, 1.54) is 25.8 Å². The molecule has 1 fully saturated rings. The minimum Gasteiger partial charge on any atom is -0.317 e. The number of aromatic nitrogens is 3. The molecular weight excluding hydrogens is 200 g/mol. The zero-order valence-electron chi connectivity index (χ0n) is 10.3. The van der Waals surface area contributed by atoms with Gasteiger partial charge < -0.3 is 5.32 Å². The minimum absolute atomic E-state index is 0.793. The van der Waals surface area contributed by atoms with Crippen molar-refractivity contribution in [1.29, 1.82) is 0 Å². The predicted octanol–water partition coefficient (Wildman–Crippen LogP) is 1.38. The Bertz CT molecular complexity index is 321. The molecule has 1 aliphatic rings. The van der Waals surface area contributed by atoms with Gasteiger partial charge in [0.15, 0.2) is 0 Å². The Hall–Kier alpha value is -0.900. The molecular formula is C12H22N4. The highest BCUT2D eigenvalue weighted by Crippen LogP contribution is 2.33. The van der Waals surface area contributed by atoms with E-state index < -0.39 is 0 Å². The first kappa shape index (κ1) is 11.6. The first-order chi connectivity index (χ1) is 7.81. The predicted molar refractivity (Wildman–Crippen MR) is 64.1 cm³/mol. The highest BCUT2D eigenvalue weighted by Gasteiger charge is 2.27. The molecule has 90 valence electrons. The molecule has 4 heteroatoms. The van der Waals surface area contributed by atoms with Crippen LogP contribution in [0.2, 0.25) is 0 Å². The van der Waals surface area contributed by atoms with Crippen LogP contribution < -0.4 is 5.32 Å². The molecule has 2 rings (SSSR count). The van der Waals surface area contributed by atoms with Crippen molar-refractivity contribution in [2.45, 2.75) is 32.6 Å². The van der Waals surface area contributed by atoms with E-state index in [-0.39, 0.29) is 0 Å². The lowest BCUT2D eigenvalue weighted by Crippen LogP contribution is -2.26. The Kier molecular flexibility index (Phi) is 3.93. The van der Waals surface area contributed by atoms with Crippen LogP contribution in [0.1, 0.15) is 32.0 Å². The van der Waals surface area contributed by atoms with Gasteiger partial charge in [-0.2, -0.15) is 5.10 Å². The van der Waals surface area contributed by atoms with Gasteiger partial charge in [0.05, 0.1) is 0 Å². The van der Waals surface area contributed by atoms with Crippen LogP contribution >= 0.6 is 0 Å². The van der Waals surface area contributed by atoms with Crippen LogP contribution in [0.25, 0.3) is 0 Å². The van der Waals surface area contributed by atoms with E-state index in [0.29, 0.717) is 0 Å². The summed E-state index contributed by atoms with van der Waals surface area (Å²) in [7, 11) is 1.98. The normalized spacial score (nSPS) is 25.1. The summed E-state index contributed by atoms with van der Waals surface area (Å²) >= 11 is 0. The van der Waals surface area contributed by atoms with Gasteiger partial charge in [-0.25, -0.2) is 4.98 Å². The van der Waals surface area contributed by atoms with E-state index >= 15 is 0 Å². The molecule has 0 bridgehead atoms. The lowest BCUT2D eigenvalue weighted by Gasteiger charge is -2.19. The second kappa shape index (κ2) is 5.43. The topological polar surface area (TPSA) is 42.7 Å². The number of hydrogen-bond donors (Lipinski definition) is 1. The number of nitrogens with zero attached hydrogens (tertiary/aromatic N) is 3. The summed E-state index contributed by atoms with van der Waals surface area (Å²) in [5, 5.41) is 7.61. The van der Waals surface area contributed by atoms with Crippen molar-refractivity contribution in [2.75, 3.05) is 13.1 Å². The quantitative estimate of drug-likeness (QED) is 0.818. The minimum atomic E-state index is 0.793. The Morgan fingerprint density at radius 1 is 1.44 bits per heavy atom. The average Bonchev–Trinajstić information content (AvgIpc) is 2.87. The smallest absolute Gasteiger partial charge is 0.138 e. The van der Waals surface area contributed by atoms with Crippen LogP contribution in [0.5, 0.6) is 0 Å². The van der Waals surface area contributed by atoms with E-state index in [4.69, 9.17) is 0 Å². The van der Waals surface area contributed by atoms with E-state index in [1.54, 1.807) is 6.33 Å². The Labute approximate surface area is 97.5 Å². The lowest BCUT2D eigenvalue weighted by atomic mass is 9.92. The van der Waals surface area contributed by atoms with E-state index in [9.17, 15) is 0 Å². The monoisotopic (exact) mass is 222 g/mol. The fourth-order valence-corrected chi connectivity index (χ4v) is 2.72. The van der Waals surface area contributed by atoms with Crippen LogP contribution in [-0.2, 0) is 13.5 Å². The van der Waals surface area contributed by atoms with Crippen LogP contribution in [0.15, 0.2) is 6.33 Å². The SMILES string of the molecule is CCNCC1CCCC1Cc1ncnn1C. The molecule has 1 heterocycles. The summed E-state index contributed by atoms with van der Waals surface area (Å²) in [6, 6.07) is 0. The molecule has 0 spiro atoms. The first-order valence-electron chi connectivity index (χ1n) is 6.34. The maximum Gasteiger partial charge on any atom is 0.138 e. The van der Waals surface area contributed by atoms with Crippen LogP contribution in [0, 0.1) is 11.8 Å². The number of aryl methyl sites for hydroxylation is 1. The molecule has 0 aromatic carbocycles. The molecule has 16 heavy (non-hydrogen) atoms.